The molecule has 4 rings (SSSR count). The summed E-state index contributed by atoms with van der Waals surface area (Å²) in [5, 5.41) is 10.1. The van der Waals surface area contributed by atoms with Gasteiger partial charge in [-0.25, -0.2) is 9.78 Å². The van der Waals surface area contributed by atoms with Gasteiger partial charge < -0.3 is 18.8 Å². The van der Waals surface area contributed by atoms with E-state index in [1.165, 1.54) is 13.2 Å². The quantitative estimate of drug-likeness (QED) is 0.351. The van der Waals surface area contributed by atoms with E-state index < -0.39 is 5.97 Å². The number of carboxylic acids is 1. The number of aryl methyl sites for hydroxylation is 3. The lowest BCUT2D eigenvalue weighted by Crippen LogP contribution is -2.02. The molecule has 6 nitrogen and oxygen atoms in total. The summed E-state index contributed by atoms with van der Waals surface area (Å²) in [6, 6.07) is 17.7. The molecule has 0 aliphatic rings. The van der Waals surface area contributed by atoms with E-state index in [1.807, 2.05) is 67.7 Å². The Morgan fingerprint density at radius 1 is 1.20 bits per heavy atom. The van der Waals surface area contributed by atoms with Crippen molar-refractivity contribution in [2.24, 2.45) is 0 Å². The van der Waals surface area contributed by atoms with Crippen molar-refractivity contribution in [3.8, 4) is 11.5 Å². The third-order valence-corrected chi connectivity index (χ3v) is 5.03. The summed E-state index contributed by atoms with van der Waals surface area (Å²) in [6.07, 6.45) is 4.30. The van der Waals surface area contributed by atoms with Gasteiger partial charge in [0.25, 0.3) is 0 Å². The molecular formula is C24H22N2O4. The first-order chi connectivity index (χ1) is 14.5. The standard InChI is InChI=1S/C24H22N2O4/c1-16-20(25-23(30-16)18-6-4-3-5-7-18)11-13-26-12-10-19-14-17(8-9-21(19)26)15-22(29-2)24(27)28/h3-10,12,14-15H,11,13H2,1-2H3,(H,27,28)/b22-15+. The summed E-state index contributed by atoms with van der Waals surface area (Å²) in [7, 11) is 1.35. The Morgan fingerprint density at radius 3 is 2.73 bits per heavy atom. The molecule has 152 valence electrons. The van der Waals surface area contributed by atoms with Crippen molar-refractivity contribution in [1.82, 2.24) is 9.55 Å². The third-order valence-electron chi connectivity index (χ3n) is 5.03. The molecule has 0 saturated carbocycles. The normalized spacial score (nSPS) is 11.7. The number of aromatic nitrogens is 2. The number of carboxylic acid groups (broad SMARTS) is 1. The van der Waals surface area contributed by atoms with Gasteiger partial charge in [-0.15, -0.1) is 0 Å². The smallest absolute Gasteiger partial charge is 0.371 e. The molecular weight excluding hydrogens is 380 g/mol. The molecule has 0 radical (unpaired) electrons. The first-order valence-electron chi connectivity index (χ1n) is 9.65. The zero-order valence-corrected chi connectivity index (χ0v) is 16.8. The number of hydrogen-bond donors (Lipinski definition) is 1. The molecule has 4 aromatic rings. The fourth-order valence-corrected chi connectivity index (χ4v) is 3.45. The minimum atomic E-state index is -1.09. The van der Waals surface area contributed by atoms with Crippen LogP contribution in [0.15, 0.2) is 71.0 Å². The van der Waals surface area contributed by atoms with E-state index in [1.54, 1.807) is 0 Å². The Morgan fingerprint density at radius 2 is 2.00 bits per heavy atom. The van der Waals surface area contributed by atoms with Gasteiger partial charge in [-0.3, -0.25) is 0 Å². The van der Waals surface area contributed by atoms with Crippen molar-refractivity contribution in [1.29, 1.82) is 0 Å². The number of methoxy groups -OCH3 is 1. The maximum atomic E-state index is 11.1. The van der Waals surface area contributed by atoms with Gasteiger partial charge in [0.05, 0.1) is 12.8 Å². The van der Waals surface area contributed by atoms with E-state index in [-0.39, 0.29) is 5.76 Å². The number of ether oxygens (including phenoxy) is 1. The number of fused-ring (bicyclic) bond motifs is 1. The highest BCUT2D eigenvalue weighted by Gasteiger charge is 2.12. The van der Waals surface area contributed by atoms with Crippen molar-refractivity contribution in [3.63, 3.8) is 0 Å². The second kappa shape index (κ2) is 8.29. The molecule has 0 aliphatic carbocycles. The number of oxazole rings is 1. The molecule has 2 aromatic heterocycles. The molecule has 0 atom stereocenters. The second-order valence-electron chi connectivity index (χ2n) is 6.98. The fourth-order valence-electron chi connectivity index (χ4n) is 3.45. The fraction of sp³-hybridized carbons (Fsp3) is 0.167. The molecule has 0 unspecified atom stereocenters. The highest BCUT2D eigenvalue weighted by Crippen LogP contribution is 2.23. The number of hydrogen-bond acceptors (Lipinski definition) is 4. The third kappa shape index (κ3) is 3.98. The first kappa shape index (κ1) is 19.5. The molecule has 0 saturated heterocycles. The minimum absolute atomic E-state index is 0.0930. The summed E-state index contributed by atoms with van der Waals surface area (Å²) in [6.45, 7) is 2.70. The lowest BCUT2D eigenvalue weighted by molar-refractivity contribution is -0.135. The molecule has 0 fully saturated rings. The topological polar surface area (TPSA) is 77.5 Å². The van der Waals surface area contributed by atoms with Crippen molar-refractivity contribution >= 4 is 22.9 Å². The highest BCUT2D eigenvalue weighted by atomic mass is 16.5. The molecule has 0 amide bonds. The van der Waals surface area contributed by atoms with Crippen LogP contribution >= 0.6 is 0 Å². The zero-order valence-electron chi connectivity index (χ0n) is 16.8. The summed E-state index contributed by atoms with van der Waals surface area (Å²) in [5.41, 5.74) is 3.77. The predicted octanol–water partition coefficient (Wildman–Crippen LogP) is 4.92. The molecule has 2 aromatic carbocycles. The highest BCUT2D eigenvalue weighted by molar-refractivity contribution is 5.91. The average molecular weight is 402 g/mol. The first-order valence-corrected chi connectivity index (χ1v) is 9.65. The van der Waals surface area contributed by atoms with Gasteiger partial charge >= 0.3 is 5.97 Å². The van der Waals surface area contributed by atoms with Gasteiger partial charge in [-0.1, -0.05) is 24.3 Å². The van der Waals surface area contributed by atoms with E-state index >= 15 is 0 Å². The van der Waals surface area contributed by atoms with E-state index in [2.05, 4.69) is 9.55 Å². The van der Waals surface area contributed by atoms with Crippen molar-refractivity contribution in [3.05, 3.63) is 83.6 Å². The van der Waals surface area contributed by atoms with Crippen LogP contribution in [-0.4, -0.2) is 27.7 Å². The Kier molecular flexibility index (Phi) is 5.39. The molecule has 30 heavy (non-hydrogen) atoms. The van der Waals surface area contributed by atoms with E-state index in [9.17, 15) is 4.79 Å². The molecule has 0 bridgehead atoms. The molecule has 1 N–H and O–H groups in total. The van der Waals surface area contributed by atoms with Gasteiger partial charge in [-0.05, 0) is 48.9 Å². The van der Waals surface area contributed by atoms with Crippen LogP contribution in [-0.2, 0) is 22.5 Å². The summed E-state index contributed by atoms with van der Waals surface area (Å²) < 4.78 is 12.9. The summed E-state index contributed by atoms with van der Waals surface area (Å²) in [4.78, 5) is 15.8. The lowest BCUT2D eigenvalue weighted by Gasteiger charge is -2.05. The van der Waals surface area contributed by atoms with Gasteiger partial charge in [0.15, 0.2) is 0 Å². The van der Waals surface area contributed by atoms with Crippen LogP contribution in [0.5, 0.6) is 0 Å². The number of nitrogens with zero attached hydrogens (tertiary/aromatic N) is 2. The summed E-state index contributed by atoms with van der Waals surface area (Å²) >= 11 is 0. The SMILES string of the molecule is CO/C(=C/c1ccc2c(ccn2CCc2nc(-c3ccccc3)oc2C)c1)C(=O)O. The zero-order chi connectivity index (χ0) is 21.1. The maximum absolute atomic E-state index is 11.1. The Balaban J connectivity index is 1.53. The molecule has 6 heteroatoms. The van der Waals surface area contributed by atoms with Gasteiger partial charge in [0.2, 0.25) is 11.6 Å². The van der Waals surface area contributed by atoms with Crippen LogP contribution in [0.2, 0.25) is 0 Å². The Bertz CT molecular complexity index is 1220. The van der Waals surface area contributed by atoms with Crippen LogP contribution in [0.4, 0.5) is 0 Å². The largest absolute Gasteiger partial charge is 0.490 e. The van der Waals surface area contributed by atoms with Crippen LogP contribution in [0.1, 0.15) is 17.0 Å². The second-order valence-corrected chi connectivity index (χ2v) is 6.98. The predicted molar refractivity (Wildman–Crippen MR) is 115 cm³/mol. The number of carbonyl (C=O) groups is 1. The van der Waals surface area contributed by atoms with E-state index in [0.29, 0.717) is 5.89 Å². The van der Waals surface area contributed by atoms with Gasteiger partial charge in [0.1, 0.15) is 5.76 Å². The number of aliphatic carboxylic acids is 1. The van der Waals surface area contributed by atoms with Crippen LogP contribution in [0, 0.1) is 6.92 Å². The lowest BCUT2D eigenvalue weighted by atomic mass is 10.1. The van der Waals surface area contributed by atoms with Gasteiger partial charge in [-0.2, -0.15) is 0 Å². The van der Waals surface area contributed by atoms with Crippen LogP contribution < -0.4 is 0 Å². The Hall–Kier alpha value is -3.80. The van der Waals surface area contributed by atoms with Crippen LogP contribution in [0.25, 0.3) is 28.4 Å². The van der Waals surface area contributed by atoms with Crippen molar-refractivity contribution in [2.45, 2.75) is 19.9 Å². The molecule has 0 aliphatic heterocycles. The summed E-state index contributed by atoms with van der Waals surface area (Å²) in [5.74, 6) is 0.292. The van der Waals surface area contributed by atoms with E-state index in [0.717, 1.165) is 46.4 Å². The van der Waals surface area contributed by atoms with E-state index in [4.69, 9.17) is 14.3 Å². The number of rotatable bonds is 7. The van der Waals surface area contributed by atoms with Crippen molar-refractivity contribution < 1.29 is 19.1 Å². The van der Waals surface area contributed by atoms with Gasteiger partial charge in [0, 0.05) is 35.6 Å². The Labute approximate surface area is 174 Å². The molecule has 2 heterocycles. The molecule has 0 spiro atoms. The monoisotopic (exact) mass is 402 g/mol. The van der Waals surface area contributed by atoms with Crippen LogP contribution in [0.3, 0.4) is 0 Å². The maximum Gasteiger partial charge on any atom is 0.371 e. The average Bonchev–Trinajstić information content (AvgIpc) is 3.33. The number of benzene rings is 2. The van der Waals surface area contributed by atoms with Crippen molar-refractivity contribution in [2.75, 3.05) is 7.11 Å². The minimum Gasteiger partial charge on any atom is -0.490 e.